The Labute approximate surface area is 129 Å². The van der Waals surface area contributed by atoms with Gasteiger partial charge in [0.1, 0.15) is 11.8 Å². The summed E-state index contributed by atoms with van der Waals surface area (Å²) in [5.74, 6) is 0.503. The lowest BCUT2D eigenvalue weighted by molar-refractivity contribution is -0.151. The number of hydrogen-bond donors (Lipinski definition) is 2. The second-order valence-corrected chi connectivity index (χ2v) is 5.57. The number of methoxy groups -OCH3 is 1. The van der Waals surface area contributed by atoms with E-state index in [0.717, 1.165) is 5.56 Å². The highest BCUT2D eigenvalue weighted by molar-refractivity contribution is 7.80. The van der Waals surface area contributed by atoms with Crippen molar-refractivity contribution < 1.29 is 19.4 Å². The first-order valence-corrected chi connectivity index (χ1v) is 7.44. The number of ether oxygens (including phenoxy) is 1. The summed E-state index contributed by atoms with van der Waals surface area (Å²) in [7, 11) is 1.32. The maximum absolute atomic E-state index is 12.1. The number of phenolic OH excluding ortho intramolecular Hbond substituents is 1. The largest absolute Gasteiger partial charge is 0.508 e. The van der Waals surface area contributed by atoms with Gasteiger partial charge in [-0.2, -0.15) is 12.6 Å². The van der Waals surface area contributed by atoms with Gasteiger partial charge in [0, 0.05) is 19.4 Å². The van der Waals surface area contributed by atoms with E-state index < -0.39 is 12.0 Å². The van der Waals surface area contributed by atoms with Crippen LogP contribution in [-0.2, 0) is 20.7 Å². The summed E-state index contributed by atoms with van der Waals surface area (Å²) in [6.07, 6.45) is 0.796. The maximum atomic E-state index is 12.1. The molecule has 2 atom stereocenters. The van der Waals surface area contributed by atoms with Crippen LogP contribution in [0.15, 0.2) is 24.3 Å². The Morgan fingerprint density at radius 2 is 2.14 bits per heavy atom. The monoisotopic (exact) mass is 309 g/mol. The summed E-state index contributed by atoms with van der Waals surface area (Å²) in [4.78, 5) is 25.7. The maximum Gasteiger partial charge on any atom is 0.328 e. The third-order valence-electron chi connectivity index (χ3n) is 3.71. The predicted molar refractivity (Wildman–Crippen MR) is 81.3 cm³/mol. The van der Waals surface area contributed by atoms with Crippen LogP contribution in [0.25, 0.3) is 0 Å². The van der Waals surface area contributed by atoms with E-state index in [1.54, 1.807) is 29.2 Å². The Morgan fingerprint density at radius 1 is 1.48 bits per heavy atom. The number of carbonyl (C=O) groups excluding carboxylic acids is 2. The van der Waals surface area contributed by atoms with Crippen molar-refractivity contribution in [3.05, 3.63) is 29.8 Å². The first-order chi connectivity index (χ1) is 10.0. The zero-order chi connectivity index (χ0) is 15.4. The second kappa shape index (κ2) is 6.85. The van der Waals surface area contributed by atoms with Gasteiger partial charge in [0.15, 0.2) is 0 Å². The summed E-state index contributed by atoms with van der Waals surface area (Å²) in [5, 5.41) is 9.30. The minimum atomic E-state index is -0.628. The van der Waals surface area contributed by atoms with Crippen molar-refractivity contribution in [3.8, 4) is 5.75 Å². The van der Waals surface area contributed by atoms with E-state index in [1.807, 2.05) is 0 Å². The number of hydrogen-bond acceptors (Lipinski definition) is 5. The van der Waals surface area contributed by atoms with Crippen molar-refractivity contribution in [2.24, 2.45) is 5.92 Å². The number of likely N-dealkylation sites (tertiary alicyclic amines) is 1. The zero-order valence-corrected chi connectivity index (χ0v) is 12.8. The van der Waals surface area contributed by atoms with Crippen LogP contribution in [0.5, 0.6) is 5.75 Å². The van der Waals surface area contributed by atoms with Crippen LogP contribution in [0, 0.1) is 5.92 Å². The molecular formula is C15H19NO4S. The molecule has 0 spiro atoms. The summed E-state index contributed by atoms with van der Waals surface area (Å²) in [6.45, 7) is 0.528. The van der Waals surface area contributed by atoms with Crippen LogP contribution >= 0.6 is 12.6 Å². The highest BCUT2D eigenvalue weighted by Crippen LogP contribution is 2.24. The Morgan fingerprint density at radius 3 is 2.67 bits per heavy atom. The number of nitrogens with zero attached hydrogens (tertiary/aromatic N) is 1. The average molecular weight is 309 g/mol. The molecule has 0 bridgehead atoms. The van der Waals surface area contributed by atoms with Gasteiger partial charge in [-0.3, -0.25) is 4.79 Å². The summed E-state index contributed by atoms with van der Waals surface area (Å²) < 4.78 is 4.84. The van der Waals surface area contributed by atoms with Crippen LogP contribution in [-0.4, -0.2) is 47.3 Å². The molecule has 21 heavy (non-hydrogen) atoms. The van der Waals surface area contributed by atoms with Crippen LogP contribution < -0.4 is 0 Å². The molecule has 1 heterocycles. The molecule has 5 nitrogen and oxygen atoms in total. The quantitative estimate of drug-likeness (QED) is 0.635. The van der Waals surface area contributed by atoms with Gasteiger partial charge in [-0.1, -0.05) is 12.1 Å². The van der Waals surface area contributed by atoms with Gasteiger partial charge in [0.05, 0.1) is 7.11 Å². The molecule has 1 saturated heterocycles. The van der Waals surface area contributed by atoms with E-state index in [1.165, 1.54) is 7.11 Å². The lowest BCUT2D eigenvalue weighted by Crippen LogP contribution is -2.44. The Balaban J connectivity index is 2.17. The number of carbonyl (C=O) groups is 2. The topological polar surface area (TPSA) is 66.8 Å². The van der Waals surface area contributed by atoms with E-state index in [2.05, 4.69) is 12.6 Å². The van der Waals surface area contributed by atoms with Gasteiger partial charge in [0.2, 0.25) is 5.91 Å². The van der Waals surface area contributed by atoms with Crippen LogP contribution in [0.2, 0.25) is 0 Å². The molecule has 114 valence electrons. The number of benzene rings is 1. The lowest BCUT2D eigenvalue weighted by Gasteiger charge is -2.26. The SMILES string of the molecule is COC(=O)[C@H](Cc1ccc(O)cc1)N1CC(CS)CC1=O. The van der Waals surface area contributed by atoms with Gasteiger partial charge >= 0.3 is 5.97 Å². The van der Waals surface area contributed by atoms with Gasteiger partial charge < -0.3 is 14.7 Å². The number of thiol groups is 1. The molecule has 0 aliphatic carbocycles. The van der Waals surface area contributed by atoms with E-state index in [0.29, 0.717) is 25.1 Å². The van der Waals surface area contributed by atoms with Crippen molar-refractivity contribution in [1.29, 1.82) is 0 Å². The summed E-state index contributed by atoms with van der Waals surface area (Å²) >= 11 is 4.23. The molecule has 1 unspecified atom stereocenters. The molecule has 1 aromatic carbocycles. The third kappa shape index (κ3) is 3.69. The number of phenols is 1. The van der Waals surface area contributed by atoms with Gasteiger partial charge in [0.25, 0.3) is 0 Å². The summed E-state index contributed by atoms with van der Waals surface area (Å²) in [5.41, 5.74) is 0.866. The molecule has 1 N–H and O–H groups in total. The van der Waals surface area contributed by atoms with Crippen LogP contribution in [0.1, 0.15) is 12.0 Å². The van der Waals surface area contributed by atoms with Gasteiger partial charge in [-0.05, 0) is 29.4 Å². The zero-order valence-electron chi connectivity index (χ0n) is 11.9. The minimum absolute atomic E-state index is 0.0387. The van der Waals surface area contributed by atoms with E-state index in [4.69, 9.17) is 4.74 Å². The predicted octanol–water partition coefficient (Wildman–Crippen LogP) is 1.25. The molecule has 1 aliphatic rings. The first-order valence-electron chi connectivity index (χ1n) is 6.81. The molecule has 0 radical (unpaired) electrons. The van der Waals surface area contributed by atoms with Gasteiger partial charge in [-0.25, -0.2) is 4.79 Å². The molecule has 1 fully saturated rings. The van der Waals surface area contributed by atoms with Crippen molar-refractivity contribution in [1.82, 2.24) is 4.90 Å². The van der Waals surface area contributed by atoms with Crippen molar-refractivity contribution in [2.45, 2.75) is 18.9 Å². The van der Waals surface area contributed by atoms with Crippen molar-refractivity contribution >= 4 is 24.5 Å². The highest BCUT2D eigenvalue weighted by atomic mass is 32.1. The van der Waals surface area contributed by atoms with Crippen molar-refractivity contribution in [3.63, 3.8) is 0 Å². The molecule has 1 amide bonds. The fraction of sp³-hybridized carbons (Fsp3) is 0.467. The Bertz CT molecular complexity index is 517. The fourth-order valence-electron chi connectivity index (χ4n) is 2.54. The minimum Gasteiger partial charge on any atom is -0.508 e. The molecule has 1 aliphatic heterocycles. The number of rotatable bonds is 5. The first kappa shape index (κ1) is 15.7. The standard InChI is InChI=1S/C15H19NO4S/c1-20-15(19)13(6-10-2-4-12(17)5-3-10)16-8-11(9-21)7-14(16)18/h2-5,11,13,17,21H,6-9H2,1H3/t11?,13-/m0/s1. The molecule has 2 rings (SSSR count). The molecular weight excluding hydrogens is 290 g/mol. The van der Waals surface area contributed by atoms with E-state index in [9.17, 15) is 14.7 Å². The average Bonchev–Trinajstić information content (AvgIpc) is 2.87. The number of aromatic hydroxyl groups is 1. The summed E-state index contributed by atoms with van der Waals surface area (Å²) in [6, 6.07) is 5.97. The molecule has 0 aromatic heterocycles. The third-order valence-corrected chi connectivity index (χ3v) is 4.23. The smallest absolute Gasteiger partial charge is 0.328 e. The lowest BCUT2D eigenvalue weighted by atomic mass is 10.0. The van der Waals surface area contributed by atoms with Crippen LogP contribution in [0.4, 0.5) is 0 Å². The molecule has 0 saturated carbocycles. The fourth-order valence-corrected chi connectivity index (χ4v) is 2.79. The second-order valence-electron chi connectivity index (χ2n) is 5.21. The Hall–Kier alpha value is -1.69. The highest BCUT2D eigenvalue weighted by Gasteiger charge is 2.37. The van der Waals surface area contributed by atoms with Crippen molar-refractivity contribution in [2.75, 3.05) is 19.4 Å². The Kier molecular flexibility index (Phi) is 5.12. The van der Waals surface area contributed by atoms with Gasteiger partial charge in [-0.15, -0.1) is 0 Å². The normalized spacial score (nSPS) is 19.6. The molecule has 6 heteroatoms. The van der Waals surface area contributed by atoms with Crippen LogP contribution in [0.3, 0.4) is 0 Å². The number of amides is 1. The molecule has 1 aromatic rings. The van der Waals surface area contributed by atoms with E-state index >= 15 is 0 Å². The van der Waals surface area contributed by atoms with E-state index in [-0.39, 0.29) is 17.6 Å². The number of esters is 1.